The van der Waals surface area contributed by atoms with E-state index in [0.29, 0.717) is 19.3 Å². The lowest BCUT2D eigenvalue weighted by molar-refractivity contribution is 0.428. The molecule has 294 valence electrons. The molecule has 3 N–H and O–H groups in total. The first-order valence-corrected chi connectivity index (χ1v) is 23.8. The van der Waals surface area contributed by atoms with Gasteiger partial charge in [0.1, 0.15) is 16.2 Å². The number of benzene rings is 1. The Hall–Kier alpha value is -1.16. The highest BCUT2D eigenvalue weighted by Gasteiger charge is 2.34. The molecule has 1 aromatic rings. The Labute approximate surface area is 308 Å². The van der Waals surface area contributed by atoms with Crippen molar-refractivity contribution in [2.45, 2.75) is 224 Å². The van der Waals surface area contributed by atoms with Crippen LogP contribution in [0, 0.1) is 0 Å². The molecule has 0 radical (unpaired) electrons. The van der Waals surface area contributed by atoms with E-state index in [2.05, 4.69) is 20.8 Å². The second-order valence-corrected chi connectivity index (χ2v) is 18.1. The fourth-order valence-corrected chi connectivity index (χ4v) is 9.16. The lowest BCUT2D eigenvalue weighted by atomic mass is 9.93. The van der Waals surface area contributed by atoms with E-state index in [4.69, 9.17) is 0 Å². The molecule has 0 bridgehead atoms. The minimum Gasteiger partial charge on any atom is -0.507 e. The number of phenolic OH excluding ortho intramolecular Hbond substituents is 1. The van der Waals surface area contributed by atoms with Crippen LogP contribution < -0.4 is 0 Å². The molecule has 9 heteroatoms. The molecule has 2 unspecified atom stereocenters. The van der Waals surface area contributed by atoms with Crippen LogP contribution in [0.25, 0.3) is 0 Å². The van der Waals surface area contributed by atoms with Crippen LogP contribution in [-0.2, 0) is 26.7 Å². The molecule has 0 aliphatic rings. The summed E-state index contributed by atoms with van der Waals surface area (Å²) in [5, 5.41) is 8.83. The van der Waals surface area contributed by atoms with E-state index >= 15 is 0 Å². The number of hydrogen-bond donors (Lipinski definition) is 3. The summed E-state index contributed by atoms with van der Waals surface area (Å²) in [5.74, 6) is -0.433. The lowest BCUT2D eigenvalue weighted by Crippen LogP contribution is -2.17. The van der Waals surface area contributed by atoms with Gasteiger partial charge in [0.05, 0.1) is 0 Å². The van der Waals surface area contributed by atoms with Crippen LogP contribution in [0.1, 0.15) is 234 Å². The summed E-state index contributed by atoms with van der Waals surface area (Å²) in [5.41, 5.74) is 0.834. The van der Waals surface area contributed by atoms with Crippen LogP contribution in [-0.4, -0.2) is 31.0 Å². The summed E-state index contributed by atoms with van der Waals surface area (Å²) in [6, 6.07) is 3.29. The van der Waals surface area contributed by atoms with Gasteiger partial charge in [-0.25, -0.2) is 0 Å². The number of rotatable bonds is 34. The number of hydrogen-bond acceptors (Lipinski definition) is 5. The summed E-state index contributed by atoms with van der Waals surface area (Å²) in [7, 11) is -9.19. The number of aryl methyl sites for hydroxylation is 1. The molecule has 0 aliphatic heterocycles. The average Bonchev–Trinajstić information content (AvgIpc) is 3.05. The zero-order chi connectivity index (χ0) is 37.1. The molecule has 50 heavy (non-hydrogen) atoms. The topological polar surface area (TPSA) is 129 Å². The van der Waals surface area contributed by atoms with Gasteiger partial charge in [-0.2, -0.15) is 16.8 Å². The van der Waals surface area contributed by atoms with Crippen molar-refractivity contribution < 1.29 is 31.0 Å². The van der Waals surface area contributed by atoms with Crippen molar-refractivity contribution in [3.05, 3.63) is 28.8 Å². The molecule has 0 aromatic heterocycles. The van der Waals surface area contributed by atoms with Crippen molar-refractivity contribution >= 4 is 20.2 Å². The van der Waals surface area contributed by atoms with Gasteiger partial charge in [0.25, 0.3) is 20.2 Å². The summed E-state index contributed by atoms with van der Waals surface area (Å²) >= 11 is 0. The molecule has 0 saturated heterocycles. The molecule has 0 fully saturated rings. The van der Waals surface area contributed by atoms with Crippen LogP contribution >= 0.6 is 0 Å². The molecule has 7 nitrogen and oxygen atoms in total. The second kappa shape index (κ2) is 28.4. The van der Waals surface area contributed by atoms with E-state index in [-0.39, 0.29) is 24.0 Å². The van der Waals surface area contributed by atoms with E-state index in [0.717, 1.165) is 82.6 Å². The van der Waals surface area contributed by atoms with Crippen molar-refractivity contribution in [2.75, 3.05) is 0 Å². The van der Waals surface area contributed by atoms with Gasteiger partial charge in [0, 0.05) is 11.1 Å². The monoisotopic (exact) mass is 745 g/mol. The van der Waals surface area contributed by atoms with Gasteiger partial charge in [0.2, 0.25) is 0 Å². The molecule has 0 saturated carbocycles. The van der Waals surface area contributed by atoms with Gasteiger partial charge in [-0.3, -0.25) is 9.11 Å². The predicted molar refractivity (Wildman–Crippen MR) is 211 cm³/mol. The van der Waals surface area contributed by atoms with E-state index in [1.54, 1.807) is 12.1 Å². The van der Waals surface area contributed by atoms with Crippen molar-refractivity contribution in [1.29, 1.82) is 0 Å². The summed E-state index contributed by atoms with van der Waals surface area (Å²) in [4.78, 5) is 0. The third kappa shape index (κ3) is 21.4. The van der Waals surface area contributed by atoms with E-state index < -0.39 is 36.5 Å². The first kappa shape index (κ1) is 46.9. The minimum atomic E-state index is -4.59. The molecular formula is C41H76O7S2. The van der Waals surface area contributed by atoms with Crippen molar-refractivity contribution in [3.8, 4) is 5.75 Å². The first-order chi connectivity index (χ1) is 24.0. The van der Waals surface area contributed by atoms with Crippen LogP contribution in [0.15, 0.2) is 12.1 Å². The van der Waals surface area contributed by atoms with Gasteiger partial charge in [-0.05, 0) is 31.2 Å². The van der Waals surface area contributed by atoms with Crippen LogP contribution in [0.2, 0.25) is 0 Å². The fourth-order valence-electron chi connectivity index (χ4n) is 7.23. The van der Waals surface area contributed by atoms with Gasteiger partial charge < -0.3 is 5.11 Å². The van der Waals surface area contributed by atoms with E-state index in [9.17, 15) is 31.0 Å². The standard InChI is InChI=1S/C41H76O7S2/c1-4-7-10-13-16-18-20-23-26-29-32-39(49(43,44)45)37-34-36(31-28-25-22-15-12-9-6-3)35-38(41(37)42)40(50(46,47)48)33-30-27-24-21-19-17-14-11-8-5-2/h34-35,39-40,42H,4-33H2,1-3H3,(H,43,44,45)(H,46,47,48). The van der Waals surface area contributed by atoms with E-state index in [1.807, 2.05) is 0 Å². The Bertz CT molecular complexity index is 1120. The van der Waals surface area contributed by atoms with Gasteiger partial charge in [-0.15, -0.1) is 0 Å². The highest BCUT2D eigenvalue weighted by atomic mass is 32.2. The SMILES string of the molecule is CCCCCCCCCCCCC(c1cc(CCCCCCCCC)cc(C(CCCCCCCCCCCC)S(=O)(=O)O)c1O)S(=O)(=O)O. The Kier molecular flexibility index (Phi) is 26.6. The highest BCUT2D eigenvalue weighted by molar-refractivity contribution is 7.86. The van der Waals surface area contributed by atoms with Crippen molar-refractivity contribution in [3.63, 3.8) is 0 Å². The maximum Gasteiger partial charge on any atom is 0.272 e. The molecule has 0 spiro atoms. The maximum atomic E-state index is 12.8. The molecule has 0 amide bonds. The molecule has 0 aliphatic carbocycles. The fraction of sp³-hybridized carbons (Fsp3) is 0.854. The third-order valence-corrected chi connectivity index (χ3v) is 12.8. The summed E-state index contributed by atoms with van der Waals surface area (Å²) in [6.07, 6.45) is 30.2. The third-order valence-electron chi connectivity index (χ3n) is 10.4. The van der Waals surface area contributed by atoms with Crippen LogP contribution in [0.3, 0.4) is 0 Å². The molecular weight excluding hydrogens is 669 g/mol. The molecule has 2 atom stereocenters. The zero-order valence-electron chi connectivity index (χ0n) is 32.3. The Balaban J connectivity index is 3.10. The van der Waals surface area contributed by atoms with Crippen molar-refractivity contribution in [2.24, 2.45) is 0 Å². The quantitative estimate of drug-likeness (QED) is 0.0473. The smallest absolute Gasteiger partial charge is 0.272 e. The number of phenols is 1. The Morgan fingerprint density at radius 2 is 0.700 bits per heavy atom. The van der Waals surface area contributed by atoms with Crippen molar-refractivity contribution in [1.82, 2.24) is 0 Å². The van der Waals surface area contributed by atoms with Crippen LogP contribution in [0.4, 0.5) is 0 Å². The highest BCUT2D eigenvalue weighted by Crippen LogP contribution is 2.42. The second-order valence-electron chi connectivity index (χ2n) is 14.9. The number of aromatic hydroxyl groups is 1. The molecule has 1 aromatic carbocycles. The summed E-state index contributed by atoms with van der Waals surface area (Å²) in [6.45, 7) is 6.60. The lowest BCUT2D eigenvalue weighted by Gasteiger charge is -2.23. The molecule has 1 rings (SSSR count). The minimum absolute atomic E-state index is 0.0515. The largest absolute Gasteiger partial charge is 0.507 e. The average molecular weight is 745 g/mol. The maximum absolute atomic E-state index is 12.8. The van der Waals surface area contributed by atoms with Gasteiger partial charge in [0.15, 0.2) is 0 Å². The number of unbranched alkanes of at least 4 members (excludes halogenated alkanes) is 24. The van der Waals surface area contributed by atoms with Crippen LogP contribution in [0.5, 0.6) is 5.75 Å². The first-order valence-electron chi connectivity index (χ1n) is 20.8. The Morgan fingerprint density at radius 1 is 0.440 bits per heavy atom. The zero-order valence-corrected chi connectivity index (χ0v) is 33.9. The Morgan fingerprint density at radius 3 is 0.980 bits per heavy atom. The van der Waals surface area contributed by atoms with E-state index in [1.165, 1.54) is 83.5 Å². The predicted octanol–water partition coefficient (Wildman–Crippen LogP) is 13.2. The summed E-state index contributed by atoms with van der Waals surface area (Å²) < 4.78 is 72.0. The molecule has 0 heterocycles. The van der Waals surface area contributed by atoms with Gasteiger partial charge >= 0.3 is 0 Å². The normalized spacial score (nSPS) is 13.5. The van der Waals surface area contributed by atoms with Gasteiger partial charge in [-0.1, -0.05) is 200 Å².